The molecule has 0 saturated carbocycles. The molecule has 0 fully saturated rings. The lowest BCUT2D eigenvalue weighted by Crippen LogP contribution is -2.35. The van der Waals surface area contributed by atoms with Gasteiger partial charge in [0.1, 0.15) is 16.9 Å². The summed E-state index contributed by atoms with van der Waals surface area (Å²) in [5, 5.41) is 9.65. The Morgan fingerprint density at radius 2 is 1.85 bits per heavy atom. The molecular formula is C21H17ClF3N5O3S. The van der Waals surface area contributed by atoms with E-state index < -0.39 is 30.5 Å². The van der Waals surface area contributed by atoms with Gasteiger partial charge in [-0.3, -0.25) is 14.4 Å². The zero-order chi connectivity index (χ0) is 24.8. The van der Waals surface area contributed by atoms with Crippen molar-refractivity contribution < 1.29 is 27.6 Å². The fraction of sp³-hybridized carbons (Fsp3) is 0.286. The van der Waals surface area contributed by atoms with Crippen molar-refractivity contribution in [1.82, 2.24) is 20.2 Å². The van der Waals surface area contributed by atoms with E-state index in [2.05, 4.69) is 15.0 Å². The summed E-state index contributed by atoms with van der Waals surface area (Å²) in [6, 6.07) is 6.08. The molecule has 1 aromatic carbocycles. The minimum atomic E-state index is -5.24. The number of rotatable bonds is 3. The number of hydrogen-bond acceptors (Lipinski definition) is 7. The summed E-state index contributed by atoms with van der Waals surface area (Å²) in [6.45, 7) is 5.69. The highest BCUT2D eigenvalue weighted by Gasteiger charge is 2.42. The number of hydroxylamine groups is 1. The zero-order valence-electron chi connectivity index (χ0n) is 18.0. The van der Waals surface area contributed by atoms with Gasteiger partial charge in [-0.15, -0.1) is 21.5 Å². The van der Waals surface area contributed by atoms with Gasteiger partial charge in [-0.1, -0.05) is 23.7 Å². The Kier molecular flexibility index (Phi) is 6.21. The van der Waals surface area contributed by atoms with Gasteiger partial charge in [-0.25, -0.2) is 4.79 Å². The lowest BCUT2D eigenvalue weighted by atomic mass is 9.99. The molecule has 8 nitrogen and oxygen atoms in total. The molecule has 0 spiro atoms. The number of thiophene rings is 1. The molecule has 0 saturated heterocycles. The Hall–Kier alpha value is -3.25. The van der Waals surface area contributed by atoms with Crippen LogP contribution in [0.3, 0.4) is 0 Å². The van der Waals surface area contributed by atoms with Crippen molar-refractivity contribution in [3.05, 3.63) is 62.5 Å². The molecule has 0 aliphatic carbocycles. The smallest absolute Gasteiger partial charge is 0.332 e. The number of carbonyl (C=O) groups is 2. The lowest BCUT2D eigenvalue weighted by molar-refractivity contribution is -0.207. The number of carbonyl (C=O) groups excluding carboxylic acids is 2. The van der Waals surface area contributed by atoms with Crippen molar-refractivity contribution in [2.75, 3.05) is 0 Å². The average molecular weight is 512 g/mol. The van der Waals surface area contributed by atoms with Crippen LogP contribution in [0.4, 0.5) is 13.2 Å². The second-order valence-corrected chi connectivity index (χ2v) is 9.16. The second-order valence-electron chi connectivity index (χ2n) is 7.52. The molecule has 34 heavy (non-hydrogen) atoms. The van der Waals surface area contributed by atoms with Crippen LogP contribution in [0.2, 0.25) is 5.02 Å². The molecule has 4 rings (SSSR count). The number of aryl methyl sites for hydroxylation is 2. The number of nitrogens with one attached hydrogen (secondary N) is 1. The van der Waals surface area contributed by atoms with Gasteiger partial charge in [-0.05, 0) is 38.5 Å². The summed E-state index contributed by atoms with van der Waals surface area (Å²) >= 11 is 7.56. The monoisotopic (exact) mass is 511 g/mol. The fourth-order valence-electron chi connectivity index (χ4n) is 3.51. The standard InChI is InChI=1S/C21H17ClF3N5O3S/c1-9-10(2)34-19-16(9)17(12-4-6-13(22)7-5-12)26-14(18-28-27-11(3)30(18)19)8-15(31)29-33-20(32)21(23,24)25/h4-7,14H,8H2,1-3H3,(H,29,31)/t14-/m0/s1. The molecule has 1 atom stereocenters. The van der Waals surface area contributed by atoms with Crippen LogP contribution in [0, 0.1) is 20.8 Å². The fourth-order valence-corrected chi connectivity index (χ4v) is 4.85. The summed E-state index contributed by atoms with van der Waals surface area (Å²) in [5.74, 6) is -2.62. The lowest BCUT2D eigenvalue weighted by Gasteiger charge is -2.13. The summed E-state index contributed by atoms with van der Waals surface area (Å²) in [6.07, 6.45) is -5.68. The Morgan fingerprint density at radius 3 is 2.50 bits per heavy atom. The summed E-state index contributed by atoms with van der Waals surface area (Å²) < 4.78 is 38.9. The van der Waals surface area contributed by atoms with Gasteiger partial charge < -0.3 is 4.84 Å². The van der Waals surface area contributed by atoms with Crippen LogP contribution >= 0.6 is 22.9 Å². The van der Waals surface area contributed by atoms with Gasteiger partial charge in [0.15, 0.2) is 5.82 Å². The third-order valence-corrected chi connectivity index (χ3v) is 6.67. The van der Waals surface area contributed by atoms with Gasteiger partial charge in [-0.2, -0.15) is 18.7 Å². The Bertz CT molecular complexity index is 1310. The third-order valence-electron chi connectivity index (χ3n) is 5.22. The molecule has 1 amide bonds. The van der Waals surface area contributed by atoms with Crippen molar-refractivity contribution in [3.8, 4) is 5.00 Å². The van der Waals surface area contributed by atoms with Gasteiger partial charge in [0.25, 0.3) is 5.91 Å². The largest absolute Gasteiger partial charge is 0.493 e. The van der Waals surface area contributed by atoms with Crippen molar-refractivity contribution in [2.45, 2.75) is 39.4 Å². The topological polar surface area (TPSA) is 98.5 Å². The van der Waals surface area contributed by atoms with Gasteiger partial charge in [0, 0.05) is 21.0 Å². The van der Waals surface area contributed by atoms with Crippen LogP contribution in [0.1, 0.15) is 45.7 Å². The van der Waals surface area contributed by atoms with Crippen molar-refractivity contribution in [3.63, 3.8) is 0 Å². The highest BCUT2D eigenvalue weighted by molar-refractivity contribution is 7.15. The quantitative estimate of drug-likeness (QED) is 0.528. The molecule has 1 aliphatic heterocycles. The van der Waals surface area contributed by atoms with E-state index in [0.29, 0.717) is 22.4 Å². The summed E-state index contributed by atoms with van der Waals surface area (Å²) in [5.41, 5.74) is 4.66. The van der Waals surface area contributed by atoms with Crippen LogP contribution in [0.15, 0.2) is 29.3 Å². The molecule has 0 radical (unpaired) electrons. The number of alkyl halides is 3. The maximum Gasteiger partial charge on any atom is 0.493 e. The van der Waals surface area contributed by atoms with Crippen LogP contribution in [0.5, 0.6) is 0 Å². The van der Waals surface area contributed by atoms with Gasteiger partial charge in [0.05, 0.1) is 12.1 Å². The number of fused-ring (bicyclic) bond motifs is 3. The summed E-state index contributed by atoms with van der Waals surface area (Å²) in [7, 11) is 0. The van der Waals surface area contributed by atoms with Gasteiger partial charge in [0.2, 0.25) is 0 Å². The number of aliphatic imine (C=N–C) groups is 1. The first-order valence-corrected chi connectivity index (χ1v) is 11.1. The van der Waals surface area contributed by atoms with E-state index in [4.69, 9.17) is 16.6 Å². The van der Waals surface area contributed by atoms with Crippen molar-refractivity contribution in [2.24, 2.45) is 4.99 Å². The highest BCUT2D eigenvalue weighted by Crippen LogP contribution is 2.39. The minimum Gasteiger partial charge on any atom is -0.332 e. The predicted molar refractivity (Wildman–Crippen MR) is 118 cm³/mol. The second kappa shape index (κ2) is 8.84. The first-order valence-electron chi connectivity index (χ1n) is 9.90. The zero-order valence-corrected chi connectivity index (χ0v) is 19.6. The van der Waals surface area contributed by atoms with Crippen molar-refractivity contribution >= 4 is 40.5 Å². The Balaban J connectivity index is 1.78. The molecule has 0 unspecified atom stereocenters. The van der Waals surface area contributed by atoms with Crippen LogP contribution in [0.25, 0.3) is 5.00 Å². The predicted octanol–water partition coefficient (Wildman–Crippen LogP) is 4.33. The molecule has 1 aliphatic rings. The van der Waals surface area contributed by atoms with Crippen molar-refractivity contribution in [1.29, 1.82) is 0 Å². The summed E-state index contributed by atoms with van der Waals surface area (Å²) in [4.78, 5) is 33.1. The molecule has 13 heteroatoms. The minimum absolute atomic E-state index is 0.335. The van der Waals surface area contributed by atoms with E-state index in [1.807, 2.05) is 13.8 Å². The van der Waals surface area contributed by atoms with Gasteiger partial charge >= 0.3 is 12.1 Å². The maximum absolute atomic E-state index is 12.4. The SMILES string of the molecule is Cc1sc2c(c1C)C(c1ccc(Cl)cc1)=N[C@@H](CC(=O)NOC(=O)C(F)(F)F)c1nnc(C)n1-2. The molecule has 3 aromatic rings. The van der Waals surface area contributed by atoms with E-state index >= 15 is 0 Å². The highest BCUT2D eigenvalue weighted by atomic mass is 35.5. The first kappa shape index (κ1) is 23.9. The van der Waals surface area contributed by atoms with Crippen LogP contribution in [-0.4, -0.2) is 38.5 Å². The molecule has 0 bridgehead atoms. The molecular weight excluding hydrogens is 495 g/mol. The normalized spacial score (nSPS) is 15.1. The van der Waals surface area contributed by atoms with E-state index in [1.54, 1.807) is 41.2 Å². The third kappa shape index (κ3) is 4.42. The molecule has 3 heterocycles. The number of amides is 1. The average Bonchev–Trinajstić information content (AvgIpc) is 3.24. The van der Waals surface area contributed by atoms with E-state index in [1.165, 1.54) is 11.3 Å². The maximum atomic E-state index is 12.4. The van der Waals surface area contributed by atoms with E-state index in [-0.39, 0.29) is 0 Å². The van der Waals surface area contributed by atoms with E-state index in [9.17, 15) is 22.8 Å². The molecule has 1 N–H and O–H groups in total. The number of aromatic nitrogens is 3. The Labute approximate surface area is 200 Å². The van der Waals surface area contributed by atoms with E-state index in [0.717, 1.165) is 26.6 Å². The molecule has 178 valence electrons. The number of nitrogens with zero attached hydrogens (tertiary/aromatic N) is 4. The van der Waals surface area contributed by atoms with Crippen LogP contribution < -0.4 is 5.48 Å². The van der Waals surface area contributed by atoms with Crippen LogP contribution in [-0.2, 0) is 14.4 Å². The Morgan fingerprint density at radius 1 is 1.18 bits per heavy atom. The molecule has 2 aromatic heterocycles. The first-order chi connectivity index (χ1) is 16.0. The number of halogens is 4. The number of hydrogen-bond donors (Lipinski definition) is 1. The number of benzene rings is 1.